The van der Waals surface area contributed by atoms with Crippen LogP contribution in [-0.2, 0) is 4.74 Å². The fraction of sp³-hybridized carbons (Fsp3) is 1.00. The van der Waals surface area contributed by atoms with E-state index in [1.54, 1.807) is 0 Å². The summed E-state index contributed by atoms with van der Waals surface area (Å²) in [5.41, 5.74) is 0. The van der Waals surface area contributed by atoms with Gasteiger partial charge in [0.1, 0.15) is 0 Å². The van der Waals surface area contributed by atoms with Crippen LogP contribution in [0.2, 0.25) is 0 Å². The maximum atomic E-state index is 5.75. The quantitative estimate of drug-likeness (QED) is 0.521. The first-order chi connectivity index (χ1) is 5.38. The largest absolute Gasteiger partial charge is 0.378 e. The average Bonchev–Trinajstić information content (AvgIpc) is 2.06. The molecule has 0 N–H and O–H groups in total. The third-order valence-corrected chi connectivity index (χ3v) is 3.37. The Balaban J connectivity index is 1.99. The predicted molar refractivity (Wildman–Crippen MR) is 45.5 cm³/mol. The summed E-state index contributed by atoms with van der Waals surface area (Å²) in [5, 5.41) is 0. The van der Waals surface area contributed by atoms with Gasteiger partial charge in [0, 0.05) is 6.61 Å². The highest BCUT2D eigenvalue weighted by atomic mass is 16.5. The minimum absolute atomic E-state index is 0.632. The molecule has 1 aliphatic heterocycles. The van der Waals surface area contributed by atoms with Gasteiger partial charge in [-0.05, 0) is 31.1 Å². The first-order valence-corrected chi connectivity index (χ1v) is 4.99. The van der Waals surface area contributed by atoms with E-state index < -0.39 is 0 Å². The molecule has 1 saturated heterocycles. The summed E-state index contributed by atoms with van der Waals surface area (Å²) in [6, 6.07) is 0. The third kappa shape index (κ3) is 1.44. The third-order valence-electron chi connectivity index (χ3n) is 3.37. The highest BCUT2D eigenvalue weighted by Gasteiger charge is 2.32. The summed E-state index contributed by atoms with van der Waals surface area (Å²) in [6.45, 7) is 3.42. The van der Waals surface area contributed by atoms with Crippen molar-refractivity contribution in [1.82, 2.24) is 0 Å². The lowest BCUT2D eigenvalue weighted by Gasteiger charge is -2.39. The standard InChI is InChI=1S/C10H18O/c1-8-4-2-6-10-9(8)5-3-7-11-10/h8-10H,2-7H2,1H3. The van der Waals surface area contributed by atoms with E-state index in [4.69, 9.17) is 4.74 Å². The SMILES string of the molecule is CC1CCCC2OCCCC12. The number of ether oxygens (including phenoxy) is 1. The lowest BCUT2D eigenvalue weighted by Crippen LogP contribution is -2.36. The Kier molecular flexibility index (Phi) is 2.17. The van der Waals surface area contributed by atoms with Crippen molar-refractivity contribution < 1.29 is 4.74 Å². The van der Waals surface area contributed by atoms with Gasteiger partial charge < -0.3 is 4.74 Å². The summed E-state index contributed by atoms with van der Waals surface area (Å²) in [7, 11) is 0. The molecule has 2 rings (SSSR count). The zero-order valence-electron chi connectivity index (χ0n) is 7.38. The van der Waals surface area contributed by atoms with Crippen molar-refractivity contribution in [2.45, 2.75) is 45.1 Å². The Morgan fingerprint density at radius 3 is 2.82 bits per heavy atom. The molecule has 0 amide bonds. The minimum atomic E-state index is 0.632. The van der Waals surface area contributed by atoms with E-state index in [-0.39, 0.29) is 0 Å². The smallest absolute Gasteiger partial charge is 0.0605 e. The normalized spacial score (nSPS) is 45.0. The van der Waals surface area contributed by atoms with Crippen molar-refractivity contribution in [3.8, 4) is 0 Å². The summed E-state index contributed by atoms with van der Waals surface area (Å²) >= 11 is 0. The lowest BCUT2D eigenvalue weighted by molar-refractivity contribution is -0.0658. The fourth-order valence-corrected chi connectivity index (χ4v) is 2.67. The molecule has 64 valence electrons. The van der Waals surface area contributed by atoms with Gasteiger partial charge in [-0.3, -0.25) is 0 Å². The molecule has 0 radical (unpaired) electrons. The number of fused-ring (bicyclic) bond motifs is 1. The maximum absolute atomic E-state index is 5.75. The van der Waals surface area contributed by atoms with Crippen LogP contribution in [-0.4, -0.2) is 12.7 Å². The van der Waals surface area contributed by atoms with Crippen LogP contribution < -0.4 is 0 Å². The van der Waals surface area contributed by atoms with Crippen molar-refractivity contribution in [2.75, 3.05) is 6.61 Å². The number of hydrogen-bond acceptors (Lipinski definition) is 1. The van der Waals surface area contributed by atoms with Crippen LogP contribution in [0.25, 0.3) is 0 Å². The Morgan fingerprint density at radius 1 is 1.09 bits per heavy atom. The van der Waals surface area contributed by atoms with Gasteiger partial charge in [0.15, 0.2) is 0 Å². The zero-order chi connectivity index (χ0) is 7.68. The van der Waals surface area contributed by atoms with Gasteiger partial charge in [0.25, 0.3) is 0 Å². The van der Waals surface area contributed by atoms with Crippen molar-refractivity contribution in [2.24, 2.45) is 11.8 Å². The molecule has 0 aromatic carbocycles. The molecule has 2 aliphatic rings. The second-order valence-electron chi connectivity index (χ2n) is 4.12. The monoisotopic (exact) mass is 154 g/mol. The Hall–Kier alpha value is -0.0400. The van der Waals surface area contributed by atoms with Gasteiger partial charge >= 0.3 is 0 Å². The second-order valence-corrected chi connectivity index (χ2v) is 4.12. The topological polar surface area (TPSA) is 9.23 Å². The van der Waals surface area contributed by atoms with Gasteiger partial charge in [-0.2, -0.15) is 0 Å². The van der Waals surface area contributed by atoms with E-state index in [0.29, 0.717) is 6.10 Å². The molecule has 1 heterocycles. The molecule has 0 aromatic rings. The van der Waals surface area contributed by atoms with E-state index in [1.165, 1.54) is 32.1 Å². The van der Waals surface area contributed by atoms with E-state index in [2.05, 4.69) is 6.92 Å². The summed E-state index contributed by atoms with van der Waals surface area (Å²) in [5.74, 6) is 1.83. The molecule has 1 saturated carbocycles. The van der Waals surface area contributed by atoms with Crippen LogP contribution in [0.4, 0.5) is 0 Å². The first-order valence-electron chi connectivity index (χ1n) is 4.99. The molecule has 2 fully saturated rings. The van der Waals surface area contributed by atoms with Crippen LogP contribution in [0.1, 0.15) is 39.0 Å². The van der Waals surface area contributed by atoms with Crippen LogP contribution >= 0.6 is 0 Å². The van der Waals surface area contributed by atoms with Crippen LogP contribution in [0, 0.1) is 11.8 Å². The molecule has 0 spiro atoms. The van der Waals surface area contributed by atoms with Gasteiger partial charge in [-0.15, -0.1) is 0 Å². The molecule has 3 atom stereocenters. The van der Waals surface area contributed by atoms with E-state index in [9.17, 15) is 0 Å². The van der Waals surface area contributed by atoms with Crippen molar-refractivity contribution >= 4 is 0 Å². The Morgan fingerprint density at radius 2 is 2.00 bits per heavy atom. The minimum Gasteiger partial charge on any atom is -0.378 e. The van der Waals surface area contributed by atoms with Crippen LogP contribution in [0.5, 0.6) is 0 Å². The Bertz CT molecular complexity index is 131. The van der Waals surface area contributed by atoms with E-state index >= 15 is 0 Å². The van der Waals surface area contributed by atoms with E-state index in [0.717, 1.165) is 18.4 Å². The van der Waals surface area contributed by atoms with Crippen LogP contribution in [0.15, 0.2) is 0 Å². The predicted octanol–water partition coefficient (Wildman–Crippen LogP) is 2.60. The summed E-state index contributed by atoms with van der Waals surface area (Å²) < 4.78 is 5.75. The van der Waals surface area contributed by atoms with Crippen molar-refractivity contribution in [1.29, 1.82) is 0 Å². The van der Waals surface area contributed by atoms with Crippen LogP contribution in [0.3, 0.4) is 0 Å². The van der Waals surface area contributed by atoms with Crippen molar-refractivity contribution in [3.63, 3.8) is 0 Å². The van der Waals surface area contributed by atoms with Gasteiger partial charge in [-0.25, -0.2) is 0 Å². The number of hydrogen-bond donors (Lipinski definition) is 0. The molecule has 0 aromatic heterocycles. The first kappa shape index (κ1) is 7.60. The Labute approximate surface area is 69.1 Å². The highest BCUT2D eigenvalue weighted by molar-refractivity contribution is 4.82. The van der Waals surface area contributed by atoms with E-state index in [1.807, 2.05) is 0 Å². The second kappa shape index (κ2) is 3.14. The van der Waals surface area contributed by atoms with Gasteiger partial charge in [0.2, 0.25) is 0 Å². The zero-order valence-corrected chi connectivity index (χ0v) is 7.38. The molecule has 1 aliphatic carbocycles. The highest BCUT2D eigenvalue weighted by Crippen LogP contribution is 2.37. The number of rotatable bonds is 0. The molecule has 3 unspecified atom stereocenters. The summed E-state index contributed by atoms with van der Waals surface area (Å²) in [4.78, 5) is 0. The molecule has 1 heteroatoms. The molecule has 1 nitrogen and oxygen atoms in total. The van der Waals surface area contributed by atoms with Gasteiger partial charge in [-0.1, -0.05) is 19.8 Å². The maximum Gasteiger partial charge on any atom is 0.0605 e. The lowest BCUT2D eigenvalue weighted by atomic mass is 9.75. The van der Waals surface area contributed by atoms with Crippen molar-refractivity contribution in [3.05, 3.63) is 0 Å². The molecular formula is C10H18O. The fourth-order valence-electron chi connectivity index (χ4n) is 2.67. The summed E-state index contributed by atoms with van der Waals surface area (Å²) in [6.07, 6.45) is 7.51. The average molecular weight is 154 g/mol. The molecular weight excluding hydrogens is 136 g/mol. The molecule has 0 bridgehead atoms. The van der Waals surface area contributed by atoms with Gasteiger partial charge in [0.05, 0.1) is 6.10 Å². The molecule has 11 heavy (non-hydrogen) atoms.